The van der Waals surface area contributed by atoms with E-state index in [1.807, 2.05) is 12.1 Å². The Kier molecular flexibility index (Phi) is 7.06. The van der Waals surface area contributed by atoms with Gasteiger partial charge in [-0.1, -0.05) is 19.8 Å². The molecule has 1 aliphatic heterocycles. The third-order valence-corrected chi connectivity index (χ3v) is 4.94. The third-order valence-electron chi connectivity index (χ3n) is 4.94. The predicted octanol–water partition coefficient (Wildman–Crippen LogP) is 2.73. The zero-order valence-electron chi connectivity index (χ0n) is 16.7. The fourth-order valence-corrected chi connectivity index (χ4v) is 3.25. The smallest absolute Gasteiger partial charge is 0.270 e. The monoisotopic (exact) mass is 383 g/mol. The number of hydrogen-bond acceptors (Lipinski definition) is 6. The van der Waals surface area contributed by atoms with E-state index in [0.29, 0.717) is 18.2 Å². The van der Waals surface area contributed by atoms with Crippen LogP contribution in [-0.2, 0) is 0 Å². The van der Waals surface area contributed by atoms with Crippen molar-refractivity contribution in [1.82, 2.24) is 15.3 Å². The maximum atomic E-state index is 12.3. The van der Waals surface area contributed by atoms with Crippen molar-refractivity contribution in [2.45, 2.75) is 26.2 Å². The molecule has 28 heavy (non-hydrogen) atoms. The van der Waals surface area contributed by atoms with Crippen molar-refractivity contribution in [3.8, 4) is 5.75 Å². The number of nitrogens with zero attached hydrogens (tertiary/aromatic N) is 4. The number of piperazine rings is 1. The van der Waals surface area contributed by atoms with Crippen molar-refractivity contribution >= 4 is 17.5 Å². The summed E-state index contributed by atoms with van der Waals surface area (Å²) >= 11 is 0. The number of methoxy groups -OCH3 is 1. The number of hydrogen-bond donors (Lipinski definition) is 1. The van der Waals surface area contributed by atoms with Gasteiger partial charge in [-0.2, -0.15) is 0 Å². The maximum Gasteiger partial charge on any atom is 0.270 e. The molecule has 1 saturated heterocycles. The third kappa shape index (κ3) is 5.12. The first-order chi connectivity index (χ1) is 13.7. The van der Waals surface area contributed by atoms with Gasteiger partial charge in [-0.15, -0.1) is 0 Å². The highest BCUT2D eigenvalue weighted by Gasteiger charge is 2.20. The van der Waals surface area contributed by atoms with Crippen molar-refractivity contribution in [3.63, 3.8) is 0 Å². The van der Waals surface area contributed by atoms with Gasteiger partial charge in [-0.05, 0) is 36.8 Å². The molecule has 0 saturated carbocycles. The Morgan fingerprint density at radius 2 is 1.79 bits per heavy atom. The standard InChI is InChI=1S/C21H29N5O2/c1-3-4-5-11-22-20(27)19-10-12-23-21(24-19)26-15-13-25(14-16-26)17-6-8-18(28-2)9-7-17/h6-10,12H,3-5,11,13-16H2,1-2H3,(H,22,27). The van der Waals surface area contributed by atoms with E-state index in [9.17, 15) is 4.79 Å². The van der Waals surface area contributed by atoms with Crippen molar-refractivity contribution in [2.75, 3.05) is 49.6 Å². The van der Waals surface area contributed by atoms with Gasteiger partial charge in [-0.25, -0.2) is 9.97 Å². The van der Waals surface area contributed by atoms with Gasteiger partial charge in [0.15, 0.2) is 0 Å². The molecule has 3 rings (SSSR count). The van der Waals surface area contributed by atoms with Crippen LogP contribution in [0.3, 0.4) is 0 Å². The molecule has 0 atom stereocenters. The summed E-state index contributed by atoms with van der Waals surface area (Å²) in [5.74, 6) is 1.35. The van der Waals surface area contributed by atoms with Gasteiger partial charge in [0.05, 0.1) is 7.11 Å². The highest BCUT2D eigenvalue weighted by molar-refractivity contribution is 5.92. The minimum Gasteiger partial charge on any atom is -0.497 e. The van der Waals surface area contributed by atoms with Crippen LogP contribution in [-0.4, -0.2) is 55.7 Å². The molecular formula is C21H29N5O2. The molecule has 2 heterocycles. The van der Waals surface area contributed by atoms with E-state index in [4.69, 9.17) is 4.74 Å². The lowest BCUT2D eigenvalue weighted by Crippen LogP contribution is -2.47. The Morgan fingerprint density at radius 1 is 1.07 bits per heavy atom. The Balaban J connectivity index is 1.55. The van der Waals surface area contributed by atoms with Gasteiger partial charge in [-0.3, -0.25) is 4.79 Å². The number of nitrogens with one attached hydrogen (secondary N) is 1. The lowest BCUT2D eigenvalue weighted by Gasteiger charge is -2.36. The van der Waals surface area contributed by atoms with Gasteiger partial charge < -0.3 is 19.9 Å². The van der Waals surface area contributed by atoms with Crippen LogP contribution in [0, 0.1) is 0 Å². The van der Waals surface area contributed by atoms with Gasteiger partial charge in [0.1, 0.15) is 11.4 Å². The molecule has 0 aliphatic carbocycles. The summed E-state index contributed by atoms with van der Waals surface area (Å²) in [6.07, 6.45) is 4.91. The van der Waals surface area contributed by atoms with E-state index in [1.54, 1.807) is 19.4 Å². The summed E-state index contributed by atoms with van der Waals surface area (Å²) < 4.78 is 5.22. The number of carbonyl (C=O) groups excluding carboxylic acids is 1. The van der Waals surface area contributed by atoms with Crippen molar-refractivity contribution in [1.29, 1.82) is 0 Å². The largest absolute Gasteiger partial charge is 0.497 e. The van der Waals surface area contributed by atoms with Crippen LogP contribution in [0.4, 0.5) is 11.6 Å². The minimum absolute atomic E-state index is 0.128. The molecule has 2 aromatic rings. The summed E-state index contributed by atoms with van der Waals surface area (Å²) in [4.78, 5) is 25.6. The first kappa shape index (κ1) is 19.9. The molecule has 0 bridgehead atoms. The summed E-state index contributed by atoms with van der Waals surface area (Å²) in [5, 5.41) is 2.94. The second-order valence-corrected chi connectivity index (χ2v) is 6.88. The van der Waals surface area contributed by atoms with Crippen LogP contribution in [0.2, 0.25) is 0 Å². The molecule has 1 aliphatic rings. The molecule has 1 fully saturated rings. The molecule has 7 heteroatoms. The number of amides is 1. The number of benzene rings is 1. The van der Waals surface area contributed by atoms with Crippen molar-refractivity contribution in [3.05, 3.63) is 42.2 Å². The topological polar surface area (TPSA) is 70.6 Å². The second kappa shape index (κ2) is 9.92. The molecule has 0 unspecified atom stereocenters. The van der Waals surface area contributed by atoms with E-state index in [0.717, 1.165) is 51.2 Å². The number of ether oxygens (including phenoxy) is 1. The van der Waals surface area contributed by atoms with Crippen LogP contribution in [0.15, 0.2) is 36.5 Å². The summed E-state index contributed by atoms with van der Waals surface area (Å²) in [6, 6.07) is 9.79. The van der Waals surface area contributed by atoms with E-state index in [1.165, 1.54) is 5.69 Å². The average molecular weight is 383 g/mol. The number of aromatic nitrogens is 2. The molecule has 1 N–H and O–H groups in total. The molecule has 7 nitrogen and oxygen atoms in total. The van der Waals surface area contributed by atoms with Gasteiger partial charge >= 0.3 is 0 Å². The first-order valence-corrected chi connectivity index (χ1v) is 9.96. The maximum absolute atomic E-state index is 12.3. The lowest BCUT2D eigenvalue weighted by atomic mass is 10.2. The number of rotatable bonds is 8. The minimum atomic E-state index is -0.128. The zero-order chi connectivity index (χ0) is 19.8. The molecule has 0 spiro atoms. The van der Waals surface area contributed by atoms with Crippen LogP contribution in [0.25, 0.3) is 0 Å². The Bertz CT molecular complexity index is 758. The molecule has 1 aromatic heterocycles. The highest BCUT2D eigenvalue weighted by Crippen LogP contribution is 2.21. The fourth-order valence-electron chi connectivity index (χ4n) is 3.25. The number of carbonyl (C=O) groups is 1. The van der Waals surface area contributed by atoms with Gasteiger partial charge in [0.2, 0.25) is 5.95 Å². The van der Waals surface area contributed by atoms with Gasteiger partial charge in [0, 0.05) is 44.6 Å². The zero-order valence-corrected chi connectivity index (χ0v) is 16.7. The summed E-state index contributed by atoms with van der Waals surface area (Å²) in [5.41, 5.74) is 1.61. The Labute approximate surface area is 166 Å². The molecule has 1 amide bonds. The van der Waals surface area contributed by atoms with Crippen molar-refractivity contribution < 1.29 is 9.53 Å². The SMILES string of the molecule is CCCCCNC(=O)c1ccnc(N2CCN(c3ccc(OC)cc3)CC2)n1. The first-order valence-electron chi connectivity index (χ1n) is 9.96. The van der Waals surface area contributed by atoms with E-state index >= 15 is 0 Å². The predicted molar refractivity (Wildman–Crippen MR) is 111 cm³/mol. The molecular weight excluding hydrogens is 354 g/mol. The van der Waals surface area contributed by atoms with E-state index in [2.05, 4.69) is 44.1 Å². The Morgan fingerprint density at radius 3 is 2.46 bits per heavy atom. The molecule has 1 aromatic carbocycles. The van der Waals surface area contributed by atoms with Crippen LogP contribution >= 0.6 is 0 Å². The normalized spacial score (nSPS) is 14.1. The van der Waals surface area contributed by atoms with Crippen molar-refractivity contribution in [2.24, 2.45) is 0 Å². The highest BCUT2D eigenvalue weighted by atomic mass is 16.5. The summed E-state index contributed by atoms with van der Waals surface area (Å²) in [6.45, 7) is 6.22. The lowest BCUT2D eigenvalue weighted by molar-refractivity contribution is 0.0948. The number of unbranched alkanes of at least 4 members (excludes halogenated alkanes) is 2. The second-order valence-electron chi connectivity index (χ2n) is 6.88. The molecule has 150 valence electrons. The van der Waals surface area contributed by atoms with E-state index < -0.39 is 0 Å². The molecule has 0 radical (unpaired) electrons. The van der Waals surface area contributed by atoms with Gasteiger partial charge in [0.25, 0.3) is 5.91 Å². The quantitative estimate of drug-likeness (QED) is 0.707. The van der Waals surface area contributed by atoms with Crippen LogP contribution < -0.4 is 19.9 Å². The Hall–Kier alpha value is -2.83. The van der Waals surface area contributed by atoms with Crippen LogP contribution in [0.1, 0.15) is 36.7 Å². The number of anilines is 2. The van der Waals surface area contributed by atoms with E-state index in [-0.39, 0.29) is 5.91 Å². The van der Waals surface area contributed by atoms with Crippen LogP contribution in [0.5, 0.6) is 5.75 Å². The fraction of sp³-hybridized carbons (Fsp3) is 0.476. The average Bonchev–Trinajstić information content (AvgIpc) is 2.77. The summed E-state index contributed by atoms with van der Waals surface area (Å²) in [7, 11) is 1.67.